The highest BCUT2D eigenvalue weighted by Crippen LogP contribution is 2.09. The average molecular weight is 186 g/mol. The van der Waals surface area contributed by atoms with Crippen LogP contribution in [0.5, 0.6) is 0 Å². The lowest BCUT2D eigenvalue weighted by Gasteiger charge is -1.97. The maximum absolute atomic E-state index is 10.5. The second-order valence-electron chi connectivity index (χ2n) is 2.30. The summed E-state index contributed by atoms with van der Waals surface area (Å²) in [6, 6.07) is 5.55. The molecule has 65 valence electrons. The van der Waals surface area contributed by atoms with Gasteiger partial charge in [-0.2, -0.15) is 8.42 Å². The lowest BCUT2D eigenvalue weighted by molar-refractivity contribution is 0.483. The molecule has 0 aliphatic rings. The van der Waals surface area contributed by atoms with Crippen molar-refractivity contribution in [3.8, 4) is 0 Å². The zero-order valence-corrected chi connectivity index (χ0v) is 7.00. The Bertz CT molecular complexity index is 355. The van der Waals surface area contributed by atoms with Crippen molar-refractivity contribution < 1.29 is 13.0 Å². The van der Waals surface area contributed by atoms with E-state index in [-0.39, 0.29) is 11.4 Å². The summed E-state index contributed by atoms with van der Waals surface area (Å²) in [6.07, 6.45) is 0. The molecule has 0 aromatic heterocycles. The normalized spacial score (nSPS) is 11.5. The fourth-order valence-electron chi connectivity index (χ4n) is 0.779. The van der Waals surface area contributed by atoms with Crippen molar-refractivity contribution in [2.24, 2.45) is 0 Å². The first-order valence-corrected chi connectivity index (χ1v) is 4.69. The van der Waals surface area contributed by atoms with Crippen molar-refractivity contribution in [2.45, 2.75) is 11.4 Å². The van der Waals surface area contributed by atoms with Crippen LogP contribution < -0.4 is 5.73 Å². The second-order valence-corrected chi connectivity index (χ2v) is 3.72. The zero-order valence-electron chi connectivity index (χ0n) is 6.19. The molecule has 0 bridgehead atoms. The van der Waals surface area contributed by atoms with Gasteiger partial charge in [0, 0.05) is 6.54 Å². The van der Waals surface area contributed by atoms with Gasteiger partial charge in [-0.05, 0) is 17.7 Å². The van der Waals surface area contributed by atoms with Crippen LogP contribution in [0.2, 0.25) is 0 Å². The van der Waals surface area contributed by atoms with Gasteiger partial charge in [0.05, 0.1) is 4.90 Å². The van der Waals surface area contributed by atoms with E-state index in [1.807, 2.05) is 0 Å². The summed E-state index contributed by atoms with van der Waals surface area (Å²) in [6.45, 7) is 0.103. The zero-order chi connectivity index (χ0) is 9.19. The van der Waals surface area contributed by atoms with Crippen LogP contribution in [0.1, 0.15) is 5.56 Å². The smallest absolute Gasteiger partial charge is 0.282 e. The summed E-state index contributed by atoms with van der Waals surface area (Å²) in [5.41, 5.74) is 7.67. The molecule has 0 aliphatic carbocycles. The summed E-state index contributed by atoms with van der Waals surface area (Å²) in [5, 5.41) is 0. The molecule has 1 radical (unpaired) electrons. The first-order valence-electron chi connectivity index (χ1n) is 3.25. The van der Waals surface area contributed by atoms with Gasteiger partial charge in [-0.25, -0.2) is 0 Å². The molecular formula is C7H8NO3S. The Morgan fingerprint density at radius 2 is 1.75 bits per heavy atom. The van der Waals surface area contributed by atoms with Crippen molar-refractivity contribution in [3.63, 3.8) is 0 Å². The number of rotatable bonds is 2. The molecule has 0 unspecified atom stereocenters. The maximum atomic E-state index is 10.5. The van der Waals surface area contributed by atoms with E-state index in [9.17, 15) is 8.42 Å². The summed E-state index contributed by atoms with van der Waals surface area (Å²) in [5.74, 6) is 0. The van der Waals surface area contributed by atoms with Crippen LogP contribution in [0, 0.1) is 0 Å². The fraction of sp³-hybridized carbons (Fsp3) is 0.143. The quantitative estimate of drug-likeness (QED) is 0.691. The monoisotopic (exact) mass is 186 g/mol. The third-order valence-electron chi connectivity index (χ3n) is 1.43. The van der Waals surface area contributed by atoms with Crippen molar-refractivity contribution in [3.05, 3.63) is 29.8 Å². The molecule has 5 heteroatoms. The molecule has 0 saturated heterocycles. The number of nitrogens with one attached hydrogen (secondary N) is 1. The molecule has 1 aromatic rings. The van der Waals surface area contributed by atoms with Crippen LogP contribution in [0.15, 0.2) is 29.2 Å². The van der Waals surface area contributed by atoms with Gasteiger partial charge in [-0.15, -0.1) is 0 Å². The van der Waals surface area contributed by atoms with E-state index in [1.165, 1.54) is 24.3 Å². The minimum absolute atomic E-state index is 0.103. The van der Waals surface area contributed by atoms with E-state index in [0.717, 1.165) is 0 Å². The summed E-state index contributed by atoms with van der Waals surface area (Å²) >= 11 is 0. The third kappa shape index (κ3) is 2.04. The van der Waals surface area contributed by atoms with E-state index >= 15 is 0 Å². The average Bonchev–Trinajstić information content (AvgIpc) is 2.03. The molecule has 12 heavy (non-hydrogen) atoms. The van der Waals surface area contributed by atoms with Gasteiger partial charge >= 0.3 is 0 Å². The van der Waals surface area contributed by atoms with Gasteiger partial charge in [0.25, 0.3) is 10.1 Å². The number of hydrogen-bond acceptors (Lipinski definition) is 2. The van der Waals surface area contributed by atoms with Gasteiger partial charge in [0.15, 0.2) is 0 Å². The SMILES string of the molecule is [NH]Cc1ccc(S(=O)(=O)O)cc1. The third-order valence-corrected chi connectivity index (χ3v) is 2.29. The van der Waals surface area contributed by atoms with Crippen molar-refractivity contribution >= 4 is 10.1 Å². The minimum Gasteiger partial charge on any atom is -0.282 e. The molecule has 0 spiro atoms. The highest BCUT2D eigenvalue weighted by atomic mass is 32.2. The Balaban J connectivity index is 3.09. The predicted octanol–water partition coefficient (Wildman–Crippen LogP) is 0.716. The van der Waals surface area contributed by atoms with Crippen LogP contribution in [0.25, 0.3) is 0 Å². The first kappa shape index (κ1) is 9.18. The summed E-state index contributed by atoms with van der Waals surface area (Å²) < 4.78 is 29.7. The molecule has 0 atom stereocenters. The standard InChI is InChI=1S/C7H8NO3S/c8-5-6-1-3-7(4-2-6)12(9,10)11/h1-4,8H,5H2,(H,9,10,11). The highest BCUT2D eigenvalue weighted by Gasteiger charge is 2.07. The van der Waals surface area contributed by atoms with Gasteiger partial charge in [0.2, 0.25) is 0 Å². The van der Waals surface area contributed by atoms with Crippen LogP contribution in [0.4, 0.5) is 0 Å². The van der Waals surface area contributed by atoms with Gasteiger partial charge in [-0.1, -0.05) is 12.1 Å². The summed E-state index contributed by atoms with van der Waals surface area (Å²) in [4.78, 5) is -0.139. The van der Waals surface area contributed by atoms with E-state index in [0.29, 0.717) is 5.56 Å². The molecule has 0 amide bonds. The molecular weight excluding hydrogens is 178 g/mol. The Morgan fingerprint density at radius 1 is 1.25 bits per heavy atom. The van der Waals surface area contributed by atoms with Crippen LogP contribution in [-0.4, -0.2) is 13.0 Å². The Labute approximate surface area is 70.8 Å². The van der Waals surface area contributed by atoms with Gasteiger partial charge in [-0.3, -0.25) is 10.3 Å². The number of hydrogen-bond donors (Lipinski definition) is 1. The Hall–Kier alpha value is -0.910. The lowest BCUT2D eigenvalue weighted by Crippen LogP contribution is -1.97. The molecule has 0 saturated carbocycles. The molecule has 0 fully saturated rings. The van der Waals surface area contributed by atoms with E-state index in [2.05, 4.69) is 0 Å². The predicted molar refractivity (Wildman–Crippen MR) is 43.1 cm³/mol. The Morgan fingerprint density at radius 3 is 2.08 bits per heavy atom. The van der Waals surface area contributed by atoms with Crippen LogP contribution in [0.3, 0.4) is 0 Å². The van der Waals surface area contributed by atoms with E-state index < -0.39 is 10.1 Å². The van der Waals surface area contributed by atoms with E-state index in [4.69, 9.17) is 10.3 Å². The van der Waals surface area contributed by atoms with Gasteiger partial charge in [0.1, 0.15) is 0 Å². The van der Waals surface area contributed by atoms with E-state index in [1.54, 1.807) is 0 Å². The van der Waals surface area contributed by atoms with Crippen molar-refractivity contribution in [1.82, 2.24) is 5.73 Å². The molecule has 1 aromatic carbocycles. The first-order chi connectivity index (χ1) is 5.54. The largest absolute Gasteiger partial charge is 0.294 e. The minimum atomic E-state index is -4.09. The molecule has 1 rings (SSSR count). The van der Waals surface area contributed by atoms with Crippen molar-refractivity contribution in [2.75, 3.05) is 0 Å². The second kappa shape index (κ2) is 3.22. The Kier molecular flexibility index (Phi) is 2.46. The maximum Gasteiger partial charge on any atom is 0.294 e. The van der Waals surface area contributed by atoms with Crippen LogP contribution >= 0.6 is 0 Å². The molecule has 2 N–H and O–H groups in total. The molecule has 4 nitrogen and oxygen atoms in total. The lowest BCUT2D eigenvalue weighted by atomic mass is 10.2. The van der Waals surface area contributed by atoms with Gasteiger partial charge < -0.3 is 0 Å². The molecule has 0 heterocycles. The topological polar surface area (TPSA) is 78.2 Å². The molecule has 0 aliphatic heterocycles. The highest BCUT2D eigenvalue weighted by molar-refractivity contribution is 7.85. The fourth-order valence-corrected chi connectivity index (χ4v) is 1.26. The van der Waals surface area contributed by atoms with Crippen LogP contribution in [-0.2, 0) is 16.7 Å². The summed E-state index contributed by atoms with van der Waals surface area (Å²) in [7, 11) is -4.09. The van der Waals surface area contributed by atoms with Crippen molar-refractivity contribution in [1.29, 1.82) is 0 Å². The number of benzene rings is 1.